The van der Waals surface area contributed by atoms with Crippen LogP contribution in [0, 0.1) is 0 Å². The maximum Gasteiger partial charge on any atom is 0.218 e. The number of hydrogen-bond donors (Lipinski definition) is 2. The number of nitrogens with two attached hydrogens (primary N) is 1. The Balaban J connectivity index is 0. The van der Waals surface area contributed by atoms with Crippen molar-refractivity contribution in [3.05, 3.63) is 0 Å². The summed E-state index contributed by atoms with van der Waals surface area (Å²) in [7, 11) is 3.45. The number of hydrogen-bond acceptors (Lipinski definition) is 3. The second-order valence-electron chi connectivity index (χ2n) is 1.93. The van der Waals surface area contributed by atoms with Crippen LogP contribution in [0.1, 0.15) is 6.92 Å². The van der Waals surface area contributed by atoms with E-state index in [1.165, 1.54) is 11.8 Å². The van der Waals surface area contributed by atoms with E-state index in [9.17, 15) is 4.79 Å². The molecule has 1 amide bonds. The van der Waals surface area contributed by atoms with Gasteiger partial charge in [0, 0.05) is 27.6 Å². The van der Waals surface area contributed by atoms with Crippen molar-refractivity contribution in [2.24, 2.45) is 5.73 Å². The molecule has 3 N–H and O–H groups in total. The van der Waals surface area contributed by atoms with Crippen molar-refractivity contribution in [1.82, 2.24) is 4.90 Å². The van der Waals surface area contributed by atoms with Gasteiger partial charge < -0.3 is 15.7 Å². The van der Waals surface area contributed by atoms with Crippen LogP contribution in [0.5, 0.6) is 0 Å². The van der Waals surface area contributed by atoms with Crippen molar-refractivity contribution in [1.29, 1.82) is 0 Å². The van der Waals surface area contributed by atoms with E-state index in [0.29, 0.717) is 6.54 Å². The van der Waals surface area contributed by atoms with E-state index >= 15 is 0 Å². The van der Waals surface area contributed by atoms with Gasteiger partial charge in [0.05, 0.1) is 6.61 Å². The van der Waals surface area contributed by atoms with Crippen LogP contribution in [0.2, 0.25) is 0 Å². The zero-order valence-electron chi connectivity index (χ0n) is 6.79. The highest BCUT2D eigenvalue weighted by atomic mass is 16.3. The summed E-state index contributed by atoms with van der Waals surface area (Å²) in [6.45, 7) is 2.00. The highest BCUT2D eigenvalue weighted by Gasteiger charge is 1.87. The monoisotopic (exact) mass is 148 g/mol. The topological polar surface area (TPSA) is 66.6 Å². The molecule has 0 saturated heterocycles. The largest absolute Gasteiger partial charge is 0.395 e. The second kappa shape index (κ2) is 8.39. The van der Waals surface area contributed by atoms with Crippen LogP contribution in [0.4, 0.5) is 0 Å². The van der Waals surface area contributed by atoms with Gasteiger partial charge in [-0.05, 0) is 0 Å². The molecular weight excluding hydrogens is 132 g/mol. The maximum absolute atomic E-state index is 10.1. The molecule has 4 heteroatoms. The highest BCUT2D eigenvalue weighted by Crippen LogP contribution is 1.69. The smallest absolute Gasteiger partial charge is 0.218 e. The number of aliphatic hydroxyl groups is 1. The Morgan fingerprint density at radius 2 is 1.80 bits per heavy atom. The Bertz CT molecular complexity index is 81.8. The number of aliphatic hydroxyl groups excluding tert-OH is 1. The van der Waals surface area contributed by atoms with E-state index in [1.807, 2.05) is 0 Å². The maximum atomic E-state index is 10.1. The van der Waals surface area contributed by atoms with Gasteiger partial charge in [0.15, 0.2) is 0 Å². The van der Waals surface area contributed by atoms with Crippen LogP contribution < -0.4 is 5.73 Å². The third-order valence-corrected chi connectivity index (χ3v) is 0.759. The number of nitrogens with zero attached hydrogens (tertiary/aromatic N) is 1. The minimum atomic E-state index is 0.0926. The molecule has 0 aromatic heterocycles. The molecule has 0 aliphatic carbocycles. The summed E-state index contributed by atoms with van der Waals surface area (Å²) in [6, 6.07) is 0. The van der Waals surface area contributed by atoms with Gasteiger partial charge in [-0.15, -0.1) is 0 Å². The first-order valence-electron chi connectivity index (χ1n) is 3.05. The number of carbonyl (C=O) groups is 1. The molecule has 0 aliphatic heterocycles. The molecular formula is C6H16N2O2. The lowest BCUT2D eigenvalue weighted by Crippen LogP contribution is -2.17. The second-order valence-corrected chi connectivity index (χ2v) is 1.93. The molecule has 0 bridgehead atoms. The van der Waals surface area contributed by atoms with Crippen molar-refractivity contribution in [3.63, 3.8) is 0 Å². The SMILES string of the molecule is CC(=O)N(C)C.NCCO. The van der Waals surface area contributed by atoms with Gasteiger partial charge in [0.25, 0.3) is 0 Å². The predicted molar refractivity (Wildman–Crippen MR) is 40.5 cm³/mol. The Kier molecular flexibility index (Phi) is 10.2. The molecule has 0 unspecified atom stereocenters. The third kappa shape index (κ3) is 15.7. The first-order valence-corrected chi connectivity index (χ1v) is 3.05. The minimum absolute atomic E-state index is 0.0926. The zero-order chi connectivity index (χ0) is 8.57. The van der Waals surface area contributed by atoms with E-state index < -0.39 is 0 Å². The summed E-state index contributed by atoms with van der Waals surface area (Å²) in [4.78, 5) is 11.6. The van der Waals surface area contributed by atoms with Gasteiger partial charge in [0.2, 0.25) is 5.91 Å². The van der Waals surface area contributed by atoms with Gasteiger partial charge in [0.1, 0.15) is 0 Å². The van der Waals surface area contributed by atoms with Gasteiger partial charge in [-0.3, -0.25) is 4.79 Å². The van der Waals surface area contributed by atoms with Crippen LogP contribution in [-0.4, -0.2) is 43.2 Å². The fourth-order valence-electron chi connectivity index (χ4n) is 0. The summed E-state index contributed by atoms with van der Waals surface area (Å²) < 4.78 is 0. The molecule has 0 fully saturated rings. The average molecular weight is 148 g/mol. The van der Waals surface area contributed by atoms with Crippen molar-refractivity contribution in [2.45, 2.75) is 6.92 Å². The van der Waals surface area contributed by atoms with Crippen LogP contribution in [0.3, 0.4) is 0 Å². The van der Waals surface area contributed by atoms with Gasteiger partial charge >= 0.3 is 0 Å². The minimum Gasteiger partial charge on any atom is -0.395 e. The highest BCUT2D eigenvalue weighted by molar-refractivity contribution is 5.72. The van der Waals surface area contributed by atoms with E-state index in [0.717, 1.165) is 0 Å². The Morgan fingerprint density at radius 3 is 1.80 bits per heavy atom. The summed E-state index contributed by atoms with van der Waals surface area (Å²) in [5.74, 6) is 0.0926. The predicted octanol–water partition coefficient (Wildman–Crippen LogP) is -0.968. The van der Waals surface area contributed by atoms with E-state index in [1.54, 1.807) is 14.1 Å². The summed E-state index contributed by atoms with van der Waals surface area (Å²) in [5, 5.41) is 7.75. The van der Waals surface area contributed by atoms with Crippen LogP contribution in [-0.2, 0) is 4.79 Å². The van der Waals surface area contributed by atoms with Crippen molar-refractivity contribution >= 4 is 5.91 Å². The summed E-state index contributed by atoms with van der Waals surface area (Å²) in [5.41, 5.74) is 4.78. The van der Waals surface area contributed by atoms with Crippen LogP contribution in [0.25, 0.3) is 0 Å². The molecule has 0 rings (SSSR count). The lowest BCUT2D eigenvalue weighted by Gasteiger charge is -2.02. The fraction of sp³-hybridized carbons (Fsp3) is 0.833. The van der Waals surface area contributed by atoms with Crippen LogP contribution in [0.15, 0.2) is 0 Å². The number of amides is 1. The van der Waals surface area contributed by atoms with Crippen molar-refractivity contribution < 1.29 is 9.90 Å². The molecule has 0 saturated carbocycles. The Morgan fingerprint density at radius 1 is 1.60 bits per heavy atom. The van der Waals surface area contributed by atoms with Gasteiger partial charge in [-0.25, -0.2) is 0 Å². The number of carbonyl (C=O) groups excluding carboxylic acids is 1. The summed E-state index contributed by atoms with van der Waals surface area (Å²) >= 11 is 0. The van der Waals surface area contributed by atoms with Gasteiger partial charge in [-0.1, -0.05) is 0 Å². The first kappa shape index (κ1) is 12.1. The Hall–Kier alpha value is -0.610. The first-order chi connectivity index (χ1) is 4.56. The third-order valence-electron chi connectivity index (χ3n) is 0.759. The quantitative estimate of drug-likeness (QED) is 0.503. The Labute approximate surface area is 61.6 Å². The molecule has 0 spiro atoms. The molecule has 0 radical (unpaired) electrons. The molecule has 0 aromatic rings. The number of rotatable bonds is 1. The lowest BCUT2D eigenvalue weighted by atomic mass is 10.7. The molecule has 0 aliphatic rings. The lowest BCUT2D eigenvalue weighted by molar-refractivity contribution is -0.126. The average Bonchev–Trinajstić information content (AvgIpc) is 1.89. The molecule has 62 valence electrons. The molecule has 0 heterocycles. The summed E-state index contributed by atoms with van der Waals surface area (Å²) in [6.07, 6.45) is 0. The normalized spacial score (nSPS) is 7.70. The van der Waals surface area contributed by atoms with E-state index in [-0.39, 0.29) is 12.5 Å². The molecule has 0 atom stereocenters. The van der Waals surface area contributed by atoms with Crippen LogP contribution >= 0.6 is 0 Å². The fourth-order valence-corrected chi connectivity index (χ4v) is 0. The van der Waals surface area contributed by atoms with Crippen molar-refractivity contribution in [2.75, 3.05) is 27.2 Å². The van der Waals surface area contributed by atoms with Crippen molar-refractivity contribution in [3.8, 4) is 0 Å². The van der Waals surface area contributed by atoms with E-state index in [2.05, 4.69) is 0 Å². The molecule has 10 heavy (non-hydrogen) atoms. The molecule has 4 nitrogen and oxygen atoms in total. The molecule has 0 aromatic carbocycles. The van der Waals surface area contributed by atoms with Gasteiger partial charge in [-0.2, -0.15) is 0 Å². The zero-order valence-corrected chi connectivity index (χ0v) is 6.79. The van der Waals surface area contributed by atoms with E-state index in [4.69, 9.17) is 10.8 Å². The standard InChI is InChI=1S/C4H9NO.C2H7NO/c1-4(6)5(2)3;3-1-2-4/h1-3H3;4H,1-3H2.